The fourth-order valence-corrected chi connectivity index (χ4v) is 10.3. The van der Waals surface area contributed by atoms with Crippen LogP contribution in [-0.4, -0.2) is 12.1 Å². The Morgan fingerprint density at radius 3 is 2.33 bits per heavy atom. The summed E-state index contributed by atoms with van der Waals surface area (Å²) in [4.78, 5) is 12.8. The first-order chi connectivity index (χ1) is 17.2. The molecule has 0 aromatic heterocycles. The van der Waals surface area contributed by atoms with E-state index in [1.807, 2.05) is 0 Å². The number of allylic oxidation sites excluding steroid dienone is 2. The van der Waals surface area contributed by atoms with Crippen LogP contribution >= 0.6 is 0 Å². The number of carbonyl (C=O) groups excluding carboxylic acids is 1. The van der Waals surface area contributed by atoms with Gasteiger partial charge in [0.1, 0.15) is 6.10 Å². The zero-order chi connectivity index (χ0) is 25.5. The molecule has 204 valence electrons. The van der Waals surface area contributed by atoms with E-state index < -0.39 is 0 Å². The number of rotatable bonds is 7. The summed E-state index contributed by atoms with van der Waals surface area (Å²) in [5, 5.41) is 0. The molecule has 0 amide bonds. The van der Waals surface area contributed by atoms with Gasteiger partial charge < -0.3 is 4.74 Å². The molecule has 0 radical (unpaired) electrons. The van der Waals surface area contributed by atoms with Crippen LogP contribution in [0, 0.1) is 58.2 Å². The number of fused-ring (bicyclic) bond motifs is 5. The molecule has 0 unspecified atom stereocenters. The Morgan fingerprint density at radius 1 is 0.861 bits per heavy atom. The Kier molecular flexibility index (Phi) is 8.01. The molecule has 36 heavy (non-hydrogen) atoms. The number of carbonyl (C=O) groups is 1. The van der Waals surface area contributed by atoms with Crippen LogP contribution in [0.5, 0.6) is 0 Å². The minimum atomic E-state index is 0.119. The maximum Gasteiger partial charge on any atom is 0.309 e. The van der Waals surface area contributed by atoms with E-state index >= 15 is 0 Å². The fourth-order valence-electron chi connectivity index (χ4n) is 10.3. The van der Waals surface area contributed by atoms with E-state index in [-0.39, 0.29) is 18.0 Å². The second kappa shape index (κ2) is 10.8. The van der Waals surface area contributed by atoms with Crippen LogP contribution in [-0.2, 0) is 9.53 Å². The van der Waals surface area contributed by atoms with Crippen molar-refractivity contribution >= 4 is 5.97 Å². The predicted octanol–water partition coefficient (Wildman–Crippen LogP) is 9.38. The third-order valence-corrected chi connectivity index (χ3v) is 12.5. The third kappa shape index (κ3) is 4.98. The standard InChI is InChI=1S/C34H56O2/c1-23(2)10-9-11-24(3)29-16-17-30-28-15-14-26-22-27(36-32(35)25-12-7-6-8-13-25)18-20-33(26,4)31(28)19-21-34(29,30)5/h14-15,23-31H,6-13,16-22H2,1-5H3/t24-,26-,27-,28+,29+,30-,31+,33-,34+/m0/s1. The SMILES string of the molecule is CC(C)CCC[C@H](C)[C@H]1CC[C@H]2[C@H]3C=C[C@H]4C[C@@H](OC(=O)C5CCCCC5)CC[C@]4(C)[C@@H]3CC[C@]12C. The molecule has 9 atom stereocenters. The van der Waals surface area contributed by atoms with E-state index in [1.54, 1.807) is 0 Å². The summed E-state index contributed by atoms with van der Waals surface area (Å²) in [6.07, 6.45) is 24.6. The van der Waals surface area contributed by atoms with Crippen molar-refractivity contribution in [1.29, 1.82) is 0 Å². The number of ether oxygens (including phenoxy) is 1. The summed E-state index contributed by atoms with van der Waals surface area (Å²) in [5.74, 6) is 6.01. The molecule has 0 spiro atoms. The molecule has 5 aliphatic carbocycles. The first kappa shape index (κ1) is 26.8. The van der Waals surface area contributed by atoms with E-state index in [0.29, 0.717) is 16.7 Å². The highest BCUT2D eigenvalue weighted by atomic mass is 16.5. The van der Waals surface area contributed by atoms with E-state index in [1.165, 1.54) is 70.6 Å². The second-order valence-corrected chi connectivity index (χ2v) is 15.0. The lowest BCUT2D eigenvalue weighted by molar-refractivity contribution is -0.161. The molecule has 0 bridgehead atoms. The highest BCUT2D eigenvalue weighted by Gasteiger charge is 2.59. The Hall–Kier alpha value is -0.790. The summed E-state index contributed by atoms with van der Waals surface area (Å²) in [6, 6.07) is 0. The van der Waals surface area contributed by atoms with Gasteiger partial charge in [-0.15, -0.1) is 0 Å². The van der Waals surface area contributed by atoms with E-state index in [0.717, 1.165) is 61.2 Å². The maximum absolute atomic E-state index is 12.8. The van der Waals surface area contributed by atoms with Crippen LogP contribution in [0.3, 0.4) is 0 Å². The van der Waals surface area contributed by atoms with Crippen molar-refractivity contribution < 1.29 is 9.53 Å². The molecule has 0 aliphatic heterocycles. The van der Waals surface area contributed by atoms with E-state index in [4.69, 9.17) is 4.74 Å². The van der Waals surface area contributed by atoms with Gasteiger partial charge in [-0.2, -0.15) is 0 Å². The van der Waals surface area contributed by atoms with Gasteiger partial charge in [0.15, 0.2) is 0 Å². The highest BCUT2D eigenvalue weighted by Crippen LogP contribution is 2.67. The molecule has 2 nitrogen and oxygen atoms in total. The molecule has 5 aliphatic rings. The Balaban J connectivity index is 1.23. The summed E-state index contributed by atoms with van der Waals surface area (Å²) >= 11 is 0. The molecule has 0 N–H and O–H groups in total. The maximum atomic E-state index is 12.8. The van der Waals surface area contributed by atoms with Gasteiger partial charge in [-0.3, -0.25) is 4.79 Å². The van der Waals surface area contributed by atoms with Gasteiger partial charge in [-0.25, -0.2) is 0 Å². The molecule has 0 heterocycles. The monoisotopic (exact) mass is 496 g/mol. The van der Waals surface area contributed by atoms with Gasteiger partial charge >= 0.3 is 5.97 Å². The van der Waals surface area contributed by atoms with Gasteiger partial charge in [0.05, 0.1) is 5.92 Å². The van der Waals surface area contributed by atoms with Crippen molar-refractivity contribution in [3.05, 3.63) is 12.2 Å². The van der Waals surface area contributed by atoms with Gasteiger partial charge in [-0.05, 0) is 110 Å². The largest absolute Gasteiger partial charge is 0.462 e. The van der Waals surface area contributed by atoms with Crippen molar-refractivity contribution in [2.24, 2.45) is 58.2 Å². The smallest absolute Gasteiger partial charge is 0.309 e. The Morgan fingerprint density at radius 2 is 1.58 bits per heavy atom. The lowest BCUT2D eigenvalue weighted by Crippen LogP contribution is -2.52. The lowest BCUT2D eigenvalue weighted by atomic mass is 9.46. The minimum absolute atomic E-state index is 0.119. The lowest BCUT2D eigenvalue weighted by Gasteiger charge is -2.59. The Bertz CT molecular complexity index is 793. The van der Waals surface area contributed by atoms with Crippen LogP contribution in [0.2, 0.25) is 0 Å². The summed E-state index contributed by atoms with van der Waals surface area (Å²) in [5.41, 5.74) is 0.939. The topological polar surface area (TPSA) is 26.3 Å². The van der Waals surface area contributed by atoms with E-state index in [2.05, 4.69) is 46.8 Å². The van der Waals surface area contributed by atoms with Gasteiger partial charge in [0, 0.05) is 0 Å². The average Bonchev–Trinajstić information content (AvgIpc) is 3.22. The minimum Gasteiger partial charge on any atom is -0.462 e. The van der Waals surface area contributed by atoms with Crippen molar-refractivity contribution in [1.82, 2.24) is 0 Å². The normalized spacial score (nSPS) is 43.5. The molecule has 2 heteroatoms. The second-order valence-electron chi connectivity index (χ2n) is 15.0. The quantitative estimate of drug-likeness (QED) is 0.259. The van der Waals surface area contributed by atoms with Gasteiger partial charge in [0.2, 0.25) is 0 Å². The van der Waals surface area contributed by atoms with Crippen LogP contribution < -0.4 is 0 Å². The van der Waals surface area contributed by atoms with Gasteiger partial charge in [-0.1, -0.05) is 85.3 Å². The number of hydrogen-bond donors (Lipinski definition) is 0. The Labute approximate surface area is 222 Å². The van der Waals surface area contributed by atoms with Crippen LogP contribution in [0.25, 0.3) is 0 Å². The van der Waals surface area contributed by atoms with Crippen molar-refractivity contribution in [3.63, 3.8) is 0 Å². The molecular weight excluding hydrogens is 440 g/mol. The third-order valence-electron chi connectivity index (χ3n) is 12.5. The summed E-state index contributed by atoms with van der Waals surface area (Å²) in [6.45, 7) is 12.6. The molecule has 0 aromatic carbocycles. The van der Waals surface area contributed by atoms with Crippen LogP contribution in [0.4, 0.5) is 0 Å². The van der Waals surface area contributed by atoms with Crippen molar-refractivity contribution in [2.75, 3.05) is 0 Å². The molecule has 4 fully saturated rings. The van der Waals surface area contributed by atoms with Crippen LogP contribution in [0.15, 0.2) is 12.2 Å². The predicted molar refractivity (Wildman–Crippen MR) is 149 cm³/mol. The van der Waals surface area contributed by atoms with Gasteiger partial charge in [0.25, 0.3) is 0 Å². The molecule has 5 rings (SSSR count). The summed E-state index contributed by atoms with van der Waals surface area (Å²) < 4.78 is 6.16. The van der Waals surface area contributed by atoms with Crippen LogP contribution in [0.1, 0.15) is 131 Å². The molecule has 0 saturated heterocycles. The first-order valence-electron chi connectivity index (χ1n) is 16.1. The summed E-state index contributed by atoms with van der Waals surface area (Å²) in [7, 11) is 0. The van der Waals surface area contributed by atoms with Crippen molar-refractivity contribution in [3.8, 4) is 0 Å². The molecular formula is C34H56O2. The average molecular weight is 497 g/mol. The zero-order valence-corrected chi connectivity index (χ0v) is 24.3. The number of esters is 1. The fraction of sp³-hybridized carbons (Fsp3) is 0.912. The van der Waals surface area contributed by atoms with Crippen molar-refractivity contribution in [2.45, 2.75) is 137 Å². The molecule has 4 saturated carbocycles. The number of hydrogen-bond acceptors (Lipinski definition) is 2. The molecule has 0 aromatic rings. The zero-order valence-electron chi connectivity index (χ0n) is 24.3. The highest BCUT2D eigenvalue weighted by molar-refractivity contribution is 5.72. The van der Waals surface area contributed by atoms with E-state index in [9.17, 15) is 4.79 Å². The first-order valence-corrected chi connectivity index (χ1v) is 16.1.